The molecule has 0 spiro atoms. The molecule has 1 aliphatic heterocycles. The summed E-state index contributed by atoms with van der Waals surface area (Å²) in [5.74, 6) is 2.63. The second-order valence-electron chi connectivity index (χ2n) is 8.51. The number of piperidine rings is 1. The molecule has 1 saturated carbocycles. The Bertz CT molecular complexity index is 608. The normalized spacial score (nSPS) is 26.4. The molecule has 1 aromatic carbocycles. The van der Waals surface area contributed by atoms with E-state index in [1.165, 1.54) is 68.6 Å². The van der Waals surface area contributed by atoms with Crippen molar-refractivity contribution in [1.29, 1.82) is 0 Å². The van der Waals surface area contributed by atoms with Gasteiger partial charge in [0.05, 0.1) is 0 Å². The second kappa shape index (κ2) is 9.50. The Morgan fingerprint density at radius 1 is 1.12 bits per heavy atom. The van der Waals surface area contributed by atoms with Crippen LogP contribution < -0.4 is 0 Å². The first-order valence-electron chi connectivity index (χ1n) is 10.6. The summed E-state index contributed by atoms with van der Waals surface area (Å²) in [6.07, 6.45) is 10.3. The molecule has 1 saturated heterocycles. The summed E-state index contributed by atoms with van der Waals surface area (Å²) in [7, 11) is 1.92. The monoisotopic (exact) mass is 352 g/mol. The van der Waals surface area contributed by atoms with Gasteiger partial charge >= 0.3 is 0 Å². The van der Waals surface area contributed by atoms with E-state index < -0.39 is 0 Å². The van der Waals surface area contributed by atoms with Crippen molar-refractivity contribution in [3.05, 3.63) is 47.5 Å². The van der Waals surface area contributed by atoms with Gasteiger partial charge in [-0.05, 0) is 68.7 Å². The second-order valence-corrected chi connectivity index (χ2v) is 8.51. The quantitative estimate of drug-likeness (QED) is 0.626. The van der Waals surface area contributed by atoms with E-state index in [1.54, 1.807) is 0 Å². The highest BCUT2D eigenvalue weighted by Crippen LogP contribution is 2.33. The van der Waals surface area contributed by atoms with Crippen LogP contribution in [0.5, 0.6) is 0 Å². The van der Waals surface area contributed by atoms with Crippen LogP contribution in [0.25, 0.3) is 0 Å². The average Bonchev–Trinajstić information content (AvgIpc) is 3.07. The van der Waals surface area contributed by atoms with Gasteiger partial charge in [-0.3, -0.25) is 4.99 Å². The Morgan fingerprint density at radius 3 is 2.46 bits per heavy atom. The molecule has 2 heteroatoms. The highest BCUT2D eigenvalue weighted by molar-refractivity contribution is 5.97. The topological polar surface area (TPSA) is 15.6 Å². The van der Waals surface area contributed by atoms with E-state index in [9.17, 15) is 0 Å². The van der Waals surface area contributed by atoms with Gasteiger partial charge in [0.15, 0.2) is 0 Å². The first-order valence-corrected chi connectivity index (χ1v) is 10.6. The fourth-order valence-corrected chi connectivity index (χ4v) is 4.78. The van der Waals surface area contributed by atoms with Crippen LogP contribution in [0, 0.1) is 17.8 Å². The first kappa shape index (κ1) is 19.4. The summed E-state index contributed by atoms with van der Waals surface area (Å²) >= 11 is 0. The number of rotatable bonds is 6. The van der Waals surface area contributed by atoms with Crippen molar-refractivity contribution in [2.75, 3.05) is 26.7 Å². The fraction of sp³-hybridized carbons (Fsp3) is 0.625. The highest BCUT2D eigenvalue weighted by Gasteiger charge is 2.27. The molecule has 26 heavy (non-hydrogen) atoms. The molecule has 1 aromatic rings. The Labute approximate surface area is 160 Å². The standard InChI is InChI=1S/C24H36N2/c1-19-8-7-11-23(19)18-26-14-12-22(13-15-26)20(2)16-24(25-3)17-21-9-5-4-6-10-21/h4-6,9-10,16,19,22-23H,7-8,11-15,17-18H2,1-3H3/b20-16+,25-24?. The third kappa shape index (κ3) is 5.30. The van der Waals surface area contributed by atoms with Gasteiger partial charge in [-0.2, -0.15) is 0 Å². The molecule has 0 amide bonds. The minimum absolute atomic E-state index is 0.736. The molecule has 1 heterocycles. The molecule has 142 valence electrons. The van der Waals surface area contributed by atoms with Crippen molar-refractivity contribution in [3.8, 4) is 0 Å². The van der Waals surface area contributed by atoms with Crippen molar-refractivity contribution in [2.45, 2.75) is 52.4 Å². The van der Waals surface area contributed by atoms with Crippen molar-refractivity contribution in [3.63, 3.8) is 0 Å². The minimum Gasteiger partial charge on any atom is -0.303 e. The lowest BCUT2D eigenvalue weighted by Gasteiger charge is -2.35. The van der Waals surface area contributed by atoms with Crippen LogP contribution in [0.4, 0.5) is 0 Å². The van der Waals surface area contributed by atoms with Crippen molar-refractivity contribution < 1.29 is 0 Å². The Morgan fingerprint density at radius 2 is 1.85 bits per heavy atom. The predicted octanol–water partition coefficient (Wildman–Crippen LogP) is 5.39. The SMILES string of the molecule is CN=C(/C=C(\C)C1CCN(CC2CCCC2C)CC1)Cc1ccccc1. The van der Waals surface area contributed by atoms with Gasteiger partial charge in [-0.1, -0.05) is 55.7 Å². The molecule has 0 aromatic heterocycles. The Balaban J connectivity index is 1.50. The fourth-order valence-electron chi connectivity index (χ4n) is 4.78. The van der Waals surface area contributed by atoms with Gasteiger partial charge in [0.2, 0.25) is 0 Å². The smallest absolute Gasteiger partial charge is 0.0388 e. The number of hydrogen-bond acceptors (Lipinski definition) is 2. The van der Waals surface area contributed by atoms with E-state index in [0.717, 1.165) is 24.2 Å². The summed E-state index contributed by atoms with van der Waals surface area (Å²) < 4.78 is 0. The largest absolute Gasteiger partial charge is 0.303 e. The van der Waals surface area contributed by atoms with Gasteiger partial charge in [-0.25, -0.2) is 0 Å². The number of likely N-dealkylation sites (tertiary alicyclic amines) is 1. The molecule has 2 atom stereocenters. The minimum atomic E-state index is 0.736. The number of hydrogen-bond donors (Lipinski definition) is 0. The van der Waals surface area contributed by atoms with Gasteiger partial charge < -0.3 is 4.90 Å². The Kier molecular flexibility index (Phi) is 7.07. The van der Waals surface area contributed by atoms with Crippen LogP contribution in [-0.2, 0) is 6.42 Å². The summed E-state index contributed by atoms with van der Waals surface area (Å²) in [5.41, 5.74) is 4.07. The van der Waals surface area contributed by atoms with Crippen LogP contribution in [0.3, 0.4) is 0 Å². The highest BCUT2D eigenvalue weighted by atomic mass is 15.1. The van der Waals surface area contributed by atoms with Crippen molar-refractivity contribution in [2.24, 2.45) is 22.7 Å². The molecule has 3 rings (SSSR count). The molecule has 2 aliphatic rings. The van der Waals surface area contributed by atoms with Gasteiger partial charge in [0.25, 0.3) is 0 Å². The molecule has 2 fully saturated rings. The summed E-state index contributed by atoms with van der Waals surface area (Å²) in [6, 6.07) is 10.7. The van der Waals surface area contributed by atoms with E-state index in [4.69, 9.17) is 0 Å². The van der Waals surface area contributed by atoms with Crippen LogP contribution in [-0.4, -0.2) is 37.3 Å². The number of nitrogens with zero attached hydrogens (tertiary/aromatic N) is 2. The third-order valence-corrected chi connectivity index (χ3v) is 6.67. The van der Waals surface area contributed by atoms with Crippen molar-refractivity contribution in [1.82, 2.24) is 4.90 Å². The molecular weight excluding hydrogens is 316 g/mol. The zero-order valence-electron chi connectivity index (χ0n) is 17.0. The average molecular weight is 353 g/mol. The van der Waals surface area contributed by atoms with Gasteiger partial charge in [0, 0.05) is 25.7 Å². The molecular formula is C24H36N2. The zero-order chi connectivity index (χ0) is 18.4. The Hall–Kier alpha value is -1.41. The molecule has 1 aliphatic carbocycles. The molecule has 0 bridgehead atoms. The van der Waals surface area contributed by atoms with Gasteiger partial charge in [-0.15, -0.1) is 0 Å². The lowest BCUT2D eigenvalue weighted by Crippen LogP contribution is -2.38. The maximum absolute atomic E-state index is 4.54. The summed E-state index contributed by atoms with van der Waals surface area (Å²) in [4.78, 5) is 7.27. The van der Waals surface area contributed by atoms with Gasteiger partial charge in [0.1, 0.15) is 0 Å². The molecule has 0 radical (unpaired) electrons. The predicted molar refractivity (Wildman–Crippen MR) is 113 cm³/mol. The first-order chi connectivity index (χ1) is 12.7. The maximum Gasteiger partial charge on any atom is 0.0388 e. The van der Waals surface area contributed by atoms with E-state index in [0.29, 0.717) is 0 Å². The maximum atomic E-state index is 4.54. The molecule has 2 unspecified atom stereocenters. The third-order valence-electron chi connectivity index (χ3n) is 6.67. The van der Waals surface area contributed by atoms with Crippen molar-refractivity contribution >= 4 is 5.71 Å². The van der Waals surface area contributed by atoms with Crippen LogP contribution in [0.2, 0.25) is 0 Å². The number of aliphatic imine (C=N–C) groups is 1. The molecule has 2 nitrogen and oxygen atoms in total. The summed E-state index contributed by atoms with van der Waals surface area (Å²) in [5, 5.41) is 0. The zero-order valence-corrected chi connectivity index (χ0v) is 17.0. The summed E-state index contributed by atoms with van der Waals surface area (Å²) in [6.45, 7) is 8.66. The van der Waals surface area contributed by atoms with Crippen LogP contribution in [0.15, 0.2) is 47.0 Å². The van der Waals surface area contributed by atoms with Crippen LogP contribution in [0.1, 0.15) is 51.5 Å². The molecule has 0 N–H and O–H groups in total. The number of allylic oxidation sites excluding steroid dienone is 2. The lowest BCUT2D eigenvalue weighted by atomic mass is 9.88. The van der Waals surface area contributed by atoms with E-state index in [2.05, 4.69) is 60.1 Å². The number of benzene rings is 1. The van der Waals surface area contributed by atoms with E-state index in [-0.39, 0.29) is 0 Å². The lowest BCUT2D eigenvalue weighted by molar-refractivity contribution is 0.160. The van der Waals surface area contributed by atoms with E-state index >= 15 is 0 Å². The van der Waals surface area contributed by atoms with E-state index in [1.807, 2.05) is 7.05 Å². The van der Waals surface area contributed by atoms with Crippen LogP contribution >= 0.6 is 0 Å².